The lowest BCUT2D eigenvalue weighted by Gasteiger charge is -2.22. The number of aromatic nitrogens is 1. The number of nitrogens with zero attached hydrogens (tertiary/aromatic N) is 1. The van der Waals surface area contributed by atoms with Crippen LogP contribution in [0.2, 0.25) is 0 Å². The maximum Gasteiger partial charge on any atom is 0.0456 e. The number of H-pyrrole nitrogens is 1. The summed E-state index contributed by atoms with van der Waals surface area (Å²) in [6.07, 6.45) is 5.75. The molecule has 2 nitrogen and oxygen atoms in total. The fourth-order valence-corrected chi connectivity index (χ4v) is 3.97. The van der Waals surface area contributed by atoms with Crippen molar-refractivity contribution in [1.29, 1.82) is 0 Å². The van der Waals surface area contributed by atoms with Crippen molar-refractivity contribution < 1.29 is 0 Å². The summed E-state index contributed by atoms with van der Waals surface area (Å²) >= 11 is 0. The Balaban J connectivity index is 1.57. The summed E-state index contributed by atoms with van der Waals surface area (Å²) < 4.78 is 0. The van der Waals surface area contributed by atoms with E-state index in [-0.39, 0.29) is 0 Å². The standard InChI is InChI=1S/C16H20N2/c1-2-6-15-13(4-1)10-14(17-15)11-18-9-8-12-5-3-7-16(12)18/h1-2,4,6,10,12,16-17H,3,5,7-9,11H2/t12-,16-/m1/s1. The van der Waals surface area contributed by atoms with Crippen LogP contribution in [0, 0.1) is 5.92 Å². The minimum absolute atomic E-state index is 0.872. The maximum atomic E-state index is 3.56. The van der Waals surface area contributed by atoms with Gasteiger partial charge in [-0.25, -0.2) is 0 Å². The smallest absolute Gasteiger partial charge is 0.0456 e. The molecule has 1 saturated heterocycles. The highest BCUT2D eigenvalue weighted by Gasteiger charge is 2.37. The average molecular weight is 240 g/mol. The van der Waals surface area contributed by atoms with Gasteiger partial charge in [0.05, 0.1) is 0 Å². The molecule has 2 heterocycles. The molecule has 1 aliphatic heterocycles. The Kier molecular flexibility index (Phi) is 2.44. The van der Waals surface area contributed by atoms with Gasteiger partial charge in [-0.05, 0) is 49.2 Å². The first-order valence-electron chi connectivity index (χ1n) is 7.21. The highest BCUT2D eigenvalue weighted by molar-refractivity contribution is 5.80. The molecule has 18 heavy (non-hydrogen) atoms. The third kappa shape index (κ3) is 1.67. The Morgan fingerprint density at radius 2 is 2.11 bits per heavy atom. The van der Waals surface area contributed by atoms with Crippen LogP contribution in [0.4, 0.5) is 0 Å². The average Bonchev–Trinajstić information content (AvgIpc) is 3.05. The zero-order valence-corrected chi connectivity index (χ0v) is 10.7. The second-order valence-corrected chi connectivity index (χ2v) is 5.90. The van der Waals surface area contributed by atoms with Crippen molar-refractivity contribution >= 4 is 10.9 Å². The molecule has 2 atom stereocenters. The number of para-hydroxylation sites is 1. The topological polar surface area (TPSA) is 19.0 Å². The molecule has 0 spiro atoms. The fraction of sp³-hybridized carbons (Fsp3) is 0.500. The summed E-state index contributed by atoms with van der Waals surface area (Å²) in [5.74, 6) is 0.995. The Morgan fingerprint density at radius 3 is 3.06 bits per heavy atom. The molecular formula is C16H20N2. The van der Waals surface area contributed by atoms with Crippen LogP contribution in [0.3, 0.4) is 0 Å². The minimum Gasteiger partial charge on any atom is -0.357 e. The zero-order valence-electron chi connectivity index (χ0n) is 10.7. The third-order valence-corrected chi connectivity index (χ3v) is 4.83. The number of hydrogen-bond acceptors (Lipinski definition) is 1. The van der Waals surface area contributed by atoms with E-state index in [0.717, 1.165) is 18.5 Å². The number of rotatable bonds is 2. The summed E-state index contributed by atoms with van der Waals surface area (Å²) in [6.45, 7) is 2.40. The number of fused-ring (bicyclic) bond motifs is 2. The summed E-state index contributed by atoms with van der Waals surface area (Å²) in [5, 5.41) is 1.34. The van der Waals surface area contributed by atoms with Gasteiger partial charge >= 0.3 is 0 Å². The molecule has 0 bridgehead atoms. The third-order valence-electron chi connectivity index (χ3n) is 4.83. The van der Waals surface area contributed by atoms with Gasteiger partial charge < -0.3 is 4.98 Å². The molecule has 94 valence electrons. The van der Waals surface area contributed by atoms with Gasteiger partial charge in [-0.15, -0.1) is 0 Å². The van der Waals surface area contributed by atoms with E-state index in [0.29, 0.717) is 0 Å². The molecule has 2 aromatic rings. The summed E-state index contributed by atoms with van der Waals surface area (Å²) in [5.41, 5.74) is 2.65. The molecule has 0 unspecified atom stereocenters. The molecule has 2 heteroatoms. The molecule has 1 aliphatic carbocycles. The number of likely N-dealkylation sites (tertiary alicyclic amines) is 1. The lowest BCUT2D eigenvalue weighted by molar-refractivity contribution is 0.231. The molecule has 2 aliphatic rings. The van der Waals surface area contributed by atoms with E-state index in [2.05, 4.69) is 40.2 Å². The molecule has 1 aromatic carbocycles. The molecule has 2 fully saturated rings. The van der Waals surface area contributed by atoms with Crippen molar-refractivity contribution in [2.75, 3.05) is 6.54 Å². The van der Waals surface area contributed by atoms with E-state index in [9.17, 15) is 0 Å². The molecule has 0 amide bonds. The van der Waals surface area contributed by atoms with Crippen LogP contribution < -0.4 is 0 Å². The van der Waals surface area contributed by atoms with Gasteiger partial charge in [0.2, 0.25) is 0 Å². The first-order chi connectivity index (χ1) is 8.90. The molecule has 0 radical (unpaired) electrons. The van der Waals surface area contributed by atoms with E-state index in [4.69, 9.17) is 0 Å². The Bertz CT molecular complexity index is 524. The van der Waals surface area contributed by atoms with Crippen molar-refractivity contribution in [3.63, 3.8) is 0 Å². The number of benzene rings is 1. The van der Waals surface area contributed by atoms with Gasteiger partial charge in [-0.2, -0.15) is 0 Å². The summed E-state index contributed by atoms with van der Waals surface area (Å²) in [6, 6.07) is 11.8. The second kappa shape index (κ2) is 4.13. The van der Waals surface area contributed by atoms with Crippen LogP contribution in [0.5, 0.6) is 0 Å². The van der Waals surface area contributed by atoms with E-state index in [1.165, 1.54) is 48.8 Å². The van der Waals surface area contributed by atoms with E-state index in [1.807, 2.05) is 0 Å². The highest BCUT2D eigenvalue weighted by Crippen LogP contribution is 2.38. The lowest BCUT2D eigenvalue weighted by Crippen LogP contribution is -2.29. The highest BCUT2D eigenvalue weighted by atomic mass is 15.2. The Morgan fingerprint density at radius 1 is 1.17 bits per heavy atom. The Labute approximate surface area is 108 Å². The van der Waals surface area contributed by atoms with Gasteiger partial charge in [0.15, 0.2) is 0 Å². The predicted molar refractivity (Wildman–Crippen MR) is 74.5 cm³/mol. The van der Waals surface area contributed by atoms with Gasteiger partial charge in [0.25, 0.3) is 0 Å². The van der Waals surface area contributed by atoms with Crippen LogP contribution in [0.15, 0.2) is 30.3 Å². The fourth-order valence-electron chi connectivity index (χ4n) is 3.97. The normalized spacial score (nSPS) is 28.0. The predicted octanol–water partition coefficient (Wildman–Crippen LogP) is 3.54. The molecular weight excluding hydrogens is 220 g/mol. The zero-order chi connectivity index (χ0) is 11.9. The van der Waals surface area contributed by atoms with Crippen LogP contribution in [-0.2, 0) is 6.54 Å². The number of nitrogens with one attached hydrogen (secondary N) is 1. The molecule has 4 rings (SSSR count). The van der Waals surface area contributed by atoms with Crippen LogP contribution in [-0.4, -0.2) is 22.5 Å². The summed E-state index contributed by atoms with van der Waals surface area (Å²) in [7, 11) is 0. The van der Waals surface area contributed by atoms with Crippen LogP contribution in [0.25, 0.3) is 10.9 Å². The van der Waals surface area contributed by atoms with Crippen molar-refractivity contribution in [3.05, 3.63) is 36.0 Å². The largest absolute Gasteiger partial charge is 0.357 e. The van der Waals surface area contributed by atoms with Gasteiger partial charge in [-0.3, -0.25) is 4.90 Å². The van der Waals surface area contributed by atoms with Gasteiger partial charge in [-0.1, -0.05) is 24.6 Å². The van der Waals surface area contributed by atoms with Crippen LogP contribution in [0.1, 0.15) is 31.4 Å². The molecule has 1 saturated carbocycles. The monoisotopic (exact) mass is 240 g/mol. The van der Waals surface area contributed by atoms with Gasteiger partial charge in [0, 0.05) is 23.8 Å². The van der Waals surface area contributed by atoms with Crippen molar-refractivity contribution in [3.8, 4) is 0 Å². The summed E-state index contributed by atoms with van der Waals surface area (Å²) in [4.78, 5) is 6.26. The first-order valence-corrected chi connectivity index (χ1v) is 7.21. The number of aromatic amines is 1. The van der Waals surface area contributed by atoms with Crippen molar-refractivity contribution in [2.24, 2.45) is 5.92 Å². The first kappa shape index (κ1) is 10.6. The number of hydrogen-bond donors (Lipinski definition) is 1. The van der Waals surface area contributed by atoms with Crippen molar-refractivity contribution in [1.82, 2.24) is 9.88 Å². The minimum atomic E-state index is 0.872. The Hall–Kier alpha value is -1.28. The van der Waals surface area contributed by atoms with E-state index >= 15 is 0 Å². The van der Waals surface area contributed by atoms with Crippen LogP contribution >= 0.6 is 0 Å². The second-order valence-electron chi connectivity index (χ2n) is 5.90. The maximum absolute atomic E-state index is 3.56. The van der Waals surface area contributed by atoms with Gasteiger partial charge in [0.1, 0.15) is 0 Å². The quantitative estimate of drug-likeness (QED) is 0.850. The molecule has 1 N–H and O–H groups in total. The van der Waals surface area contributed by atoms with E-state index in [1.54, 1.807) is 0 Å². The lowest BCUT2D eigenvalue weighted by atomic mass is 10.0. The SMILES string of the molecule is c1ccc2[nH]c(CN3CC[C@H]4CCC[C@H]43)cc2c1. The van der Waals surface area contributed by atoms with Crippen molar-refractivity contribution in [2.45, 2.75) is 38.3 Å². The van der Waals surface area contributed by atoms with E-state index < -0.39 is 0 Å². The molecule has 1 aromatic heterocycles.